The molecular weight excluding hydrogens is 376 g/mol. The van der Waals surface area contributed by atoms with E-state index < -0.39 is 0 Å². The van der Waals surface area contributed by atoms with Gasteiger partial charge in [-0.1, -0.05) is 24.3 Å². The van der Waals surface area contributed by atoms with Crippen LogP contribution in [0.4, 0.5) is 0 Å². The second-order valence-corrected chi connectivity index (χ2v) is 8.27. The van der Waals surface area contributed by atoms with Gasteiger partial charge in [-0.25, -0.2) is 0 Å². The maximum atomic E-state index is 13.6. The van der Waals surface area contributed by atoms with Gasteiger partial charge in [-0.05, 0) is 80.5 Å². The van der Waals surface area contributed by atoms with Crippen molar-refractivity contribution in [2.75, 3.05) is 27.2 Å². The molecule has 0 spiro atoms. The number of likely N-dealkylation sites (tertiary alicyclic amines) is 1. The summed E-state index contributed by atoms with van der Waals surface area (Å²) in [6, 6.07) is 16.4. The van der Waals surface area contributed by atoms with Crippen LogP contribution >= 0.6 is 0 Å². The highest BCUT2D eigenvalue weighted by atomic mass is 16.5. The summed E-state index contributed by atoms with van der Waals surface area (Å²) in [5.41, 5.74) is 1.04. The molecule has 3 aromatic rings. The maximum absolute atomic E-state index is 13.6. The molecule has 0 aliphatic carbocycles. The zero-order chi connectivity index (χ0) is 21.1. The number of amides is 1. The van der Waals surface area contributed by atoms with E-state index in [0.717, 1.165) is 53.8 Å². The van der Waals surface area contributed by atoms with Crippen LogP contribution in [-0.4, -0.2) is 49.0 Å². The molecule has 0 saturated carbocycles. The van der Waals surface area contributed by atoms with Crippen molar-refractivity contribution in [3.05, 3.63) is 66.1 Å². The zero-order valence-corrected chi connectivity index (χ0v) is 18.0. The topological polar surface area (TPSA) is 45.9 Å². The van der Waals surface area contributed by atoms with Crippen LogP contribution in [0.3, 0.4) is 0 Å². The number of rotatable bonds is 6. The van der Waals surface area contributed by atoms with Gasteiger partial charge in [0.1, 0.15) is 11.5 Å². The zero-order valence-electron chi connectivity index (χ0n) is 18.0. The molecule has 30 heavy (non-hydrogen) atoms. The van der Waals surface area contributed by atoms with Gasteiger partial charge in [0.25, 0.3) is 0 Å². The summed E-state index contributed by atoms with van der Waals surface area (Å²) >= 11 is 0. The van der Waals surface area contributed by atoms with Gasteiger partial charge < -0.3 is 19.0 Å². The summed E-state index contributed by atoms with van der Waals surface area (Å²) < 4.78 is 10.9. The SMILES string of the molecule is COc1ccc2cc([C@H](C)C(=O)N(Cc3ccco3)C3CCN(C)CC3)ccc2c1. The monoisotopic (exact) mass is 406 g/mol. The summed E-state index contributed by atoms with van der Waals surface area (Å²) in [7, 11) is 3.81. The molecule has 2 aromatic carbocycles. The third-order valence-corrected chi connectivity index (χ3v) is 6.26. The molecule has 158 valence electrons. The van der Waals surface area contributed by atoms with Crippen molar-refractivity contribution in [1.29, 1.82) is 0 Å². The third-order valence-electron chi connectivity index (χ3n) is 6.26. The molecule has 4 rings (SSSR count). The molecular formula is C25H30N2O3. The number of benzene rings is 2. The first-order valence-corrected chi connectivity index (χ1v) is 10.6. The maximum Gasteiger partial charge on any atom is 0.230 e. The van der Waals surface area contributed by atoms with E-state index >= 15 is 0 Å². The van der Waals surface area contributed by atoms with Crippen LogP contribution in [0.2, 0.25) is 0 Å². The van der Waals surface area contributed by atoms with Crippen molar-refractivity contribution < 1.29 is 13.9 Å². The number of nitrogens with zero attached hydrogens (tertiary/aromatic N) is 2. The summed E-state index contributed by atoms with van der Waals surface area (Å²) in [6.07, 6.45) is 3.66. The molecule has 1 aromatic heterocycles. The number of hydrogen-bond donors (Lipinski definition) is 0. The predicted molar refractivity (Wildman–Crippen MR) is 119 cm³/mol. The number of ether oxygens (including phenoxy) is 1. The Morgan fingerprint density at radius 3 is 2.60 bits per heavy atom. The molecule has 5 heteroatoms. The Hall–Kier alpha value is -2.79. The van der Waals surface area contributed by atoms with E-state index in [-0.39, 0.29) is 17.9 Å². The summed E-state index contributed by atoms with van der Waals surface area (Å²) in [5.74, 6) is 1.62. The lowest BCUT2D eigenvalue weighted by atomic mass is 9.94. The van der Waals surface area contributed by atoms with Crippen LogP contribution < -0.4 is 4.74 Å². The first-order chi connectivity index (χ1) is 14.5. The van der Waals surface area contributed by atoms with E-state index in [1.165, 1.54) is 0 Å². The lowest BCUT2D eigenvalue weighted by molar-refractivity contribution is -0.136. The number of carbonyl (C=O) groups excluding carboxylic acids is 1. The second kappa shape index (κ2) is 8.92. The fourth-order valence-electron chi connectivity index (χ4n) is 4.29. The molecule has 0 radical (unpaired) electrons. The van der Waals surface area contributed by atoms with Crippen LogP contribution in [0.1, 0.15) is 37.0 Å². The largest absolute Gasteiger partial charge is 0.497 e. The molecule has 2 heterocycles. The number of hydrogen-bond acceptors (Lipinski definition) is 4. The molecule has 0 N–H and O–H groups in total. The first kappa shape index (κ1) is 20.5. The minimum absolute atomic E-state index is 0.161. The van der Waals surface area contributed by atoms with Gasteiger partial charge in [0.05, 0.1) is 25.8 Å². The molecule has 1 aliphatic heterocycles. The summed E-state index contributed by atoms with van der Waals surface area (Å²) in [4.78, 5) is 18.0. The van der Waals surface area contributed by atoms with Gasteiger partial charge in [0.2, 0.25) is 5.91 Å². The minimum Gasteiger partial charge on any atom is -0.497 e. The average Bonchev–Trinajstić information content (AvgIpc) is 3.30. The van der Waals surface area contributed by atoms with Crippen LogP contribution in [0, 0.1) is 0 Å². The van der Waals surface area contributed by atoms with Gasteiger partial charge in [0, 0.05) is 6.04 Å². The Morgan fingerprint density at radius 1 is 1.17 bits per heavy atom. The van der Waals surface area contributed by atoms with Crippen molar-refractivity contribution in [1.82, 2.24) is 9.80 Å². The van der Waals surface area contributed by atoms with Gasteiger partial charge in [-0.15, -0.1) is 0 Å². The molecule has 5 nitrogen and oxygen atoms in total. The Labute approximate surface area is 178 Å². The van der Waals surface area contributed by atoms with Crippen LogP contribution in [-0.2, 0) is 11.3 Å². The summed E-state index contributed by atoms with van der Waals surface area (Å²) in [5, 5.41) is 2.23. The van der Waals surface area contributed by atoms with Gasteiger partial charge in [-0.2, -0.15) is 0 Å². The molecule has 0 bridgehead atoms. The van der Waals surface area contributed by atoms with Gasteiger partial charge in [0.15, 0.2) is 0 Å². The number of piperidine rings is 1. The van der Waals surface area contributed by atoms with E-state index in [4.69, 9.17) is 9.15 Å². The molecule has 1 atom stereocenters. The van der Waals surface area contributed by atoms with Crippen LogP contribution in [0.5, 0.6) is 5.75 Å². The Balaban J connectivity index is 1.58. The van der Waals surface area contributed by atoms with E-state index in [9.17, 15) is 4.79 Å². The third kappa shape index (κ3) is 4.36. The average molecular weight is 407 g/mol. The van der Waals surface area contributed by atoms with Crippen molar-refractivity contribution in [2.45, 2.75) is 38.3 Å². The fraction of sp³-hybridized carbons (Fsp3) is 0.400. The Morgan fingerprint density at radius 2 is 1.90 bits per heavy atom. The highest BCUT2D eigenvalue weighted by Gasteiger charge is 2.31. The standard InChI is InChI=1S/C25H30N2O3/c1-18(19-6-7-21-16-23(29-3)9-8-20(21)15-19)25(28)27(17-24-5-4-14-30-24)22-10-12-26(2)13-11-22/h4-9,14-16,18,22H,10-13,17H2,1-3H3/t18-/m0/s1. The van der Waals surface area contributed by atoms with Gasteiger partial charge in [-0.3, -0.25) is 4.79 Å². The highest BCUT2D eigenvalue weighted by Crippen LogP contribution is 2.28. The van der Waals surface area contributed by atoms with E-state index in [2.05, 4.69) is 30.1 Å². The normalized spacial score (nSPS) is 16.5. The van der Waals surface area contributed by atoms with E-state index in [1.54, 1.807) is 13.4 Å². The van der Waals surface area contributed by atoms with Crippen molar-refractivity contribution in [3.8, 4) is 5.75 Å². The van der Waals surface area contributed by atoms with Crippen LogP contribution in [0.15, 0.2) is 59.2 Å². The van der Waals surface area contributed by atoms with Crippen molar-refractivity contribution in [3.63, 3.8) is 0 Å². The van der Waals surface area contributed by atoms with Crippen molar-refractivity contribution in [2.24, 2.45) is 0 Å². The van der Waals surface area contributed by atoms with E-state index in [1.807, 2.05) is 42.2 Å². The lowest BCUT2D eigenvalue weighted by Gasteiger charge is -2.38. The number of fused-ring (bicyclic) bond motifs is 1. The highest BCUT2D eigenvalue weighted by molar-refractivity contribution is 5.88. The number of furan rings is 1. The number of carbonyl (C=O) groups is 1. The number of methoxy groups -OCH3 is 1. The molecule has 1 amide bonds. The van der Waals surface area contributed by atoms with Crippen LogP contribution in [0.25, 0.3) is 10.8 Å². The fourth-order valence-corrected chi connectivity index (χ4v) is 4.29. The molecule has 1 fully saturated rings. The first-order valence-electron chi connectivity index (χ1n) is 10.6. The van der Waals surface area contributed by atoms with Gasteiger partial charge >= 0.3 is 0 Å². The Kier molecular flexibility index (Phi) is 6.09. The smallest absolute Gasteiger partial charge is 0.230 e. The van der Waals surface area contributed by atoms with Crippen molar-refractivity contribution >= 4 is 16.7 Å². The quantitative estimate of drug-likeness (QED) is 0.597. The predicted octanol–water partition coefficient (Wildman–Crippen LogP) is 4.67. The molecule has 0 unspecified atom stereocenters. The summed E-state index contributed by atoms with van der Waals surface area (Å²) in [6.45, 7) is 4.56. The lowest BCUT2D eigenvalue weighted by Crippen LogP contribution is -2.47. The Bertz CT molecular complexity index is 991. The molecule has 1 aliphatic rings. The minimum atomic E-state index is -0.217. The van der Waals surface area contributed by atoms with E-state index in [0.29, 0.717) is 6.54 Å². The molecule has 1 saturated heterocycles. The second-order valence-electron chi connectivity index (χ2n) is 8.27.